The van der Waals surface area contributed by atoms with Gasteiger partial charge < -0.3 is 18.4 Å². The fourth-order valence-electron chi connectivity index (χ4n) is 5.16. The number of para-hydroxylation sites is 1. The number of ether oxygens (including phenoxy) is 3. The van der Waals surface area contributed by atoms with E-state index >= 15 is 0 Å². The minimum Gasteiger partial charge on any atom is -0.493 e. The number of hydrogen-bond donors (Lipinski definition) is 0. The van der Waals surface area contributed by atoms with Crippen molar-refractivity contribution >= 4 is 15.8 Å². The summed E-state index contributed by atoms with van der Waals surface area (Å²) in [7, 11) is 0.125. The van der Waals surface area contributed by atoms with Crippen LogP contribution in [0.1, 0.15) is 28.3 Å². The van der Waals surface area contributed by atoms with Crippen LogP contribution in [0.2, 0.25) is 0 Å². The van der Waals surface area contributed by atoms with E-state index in [0.717, 1.165) is 36.2 Å². The molecular formula is C26H26N2O8S. The van der Waals surface area contributed by atoms with Crippen LogP contribution >= 0.6 is 0 Å². The van der Waals surface area contributed by atoms with E-state index in [9.17, 15) is 18.5 Å². The van der Waals surface area contributed by atoms with E-state index < -0.39 is 25.6 Å². The van der Waals surface area contributed by atoms with E-state index in [1.54, 1.807) is 20.3 Å². The number of nitro benzene ring substituents is 1. The Labute approximate surface area is 214 Å². The largest absolute Gasteiger partial charge is 0.493 e. The van der Waals surface area contributed by atoms with Crippen molar-refractivity contribution in [1.29, 1.82) is 0 Å². The first kappa shape index (κ1) is 24.8. The summed E-state index contributed by atoms with van der Waals surface area (Å²) in [6.45, 7) is 1.17. The van der Waals surface area contributed by atoms with Crippen LogP contribution in [-0.4, -0.2) is 46.1 Å². The van der Waals surface area contributed by atoms with E-state index in [-0.39, 0.29) is 17.5 Å². The van der Waals surface area contributed by atoms with Gasteiger partial charge in [0.1, 0.15) is 0 Å². The maximum absolute atomic E-state index is 13.2. The summed E-state index contributed by atoms with van der Waals surface area (Å²) in [6.07, 6.45) is 1.40. The second-order valence-corrected chi connectivity index (χ2v) is 10.4. The lowest BCUT2D eigenvalue weighted by atomic mass is 9.83. The van der Waals surface area contributed by atoms with Crippen molar-refractivity contribution in [2.75, 3.05) is 27.9 Å². The third kappa shape index (κ3) is 4.34. The maximum atomic E-state index is 13.2. The normalized spacial score (nSPS) is 16.7. The van der Waals surface area contributed by atoms with E-state index in [4.69, 9.17) is 18.4 Å². The topological polar surface area (TPSA) is 117 Å². The predicted octanol–water partition coefficient (Wildman–Crippen LogP) is 4.04. The van der Waals surface area contributed by atoms with Gasteiger partial charge in [-0.05, 0) is 53.8 Å². The number of nitro groups is 1. The molecule has 0 aliphatic carbocycles. The van der Waals surface area contributed by atoms with E-state index in [2.05, 4.69) is 4.90 Å². The van der Waals surface area contributed by atoms with E-state index in [0.29, 0.717) is 30.0 Å². The summed E-state index contributed by atoms with van der Waals surface area (Å²) in [5.41, 5.74) is 3.37. The van der Waals surface area contributed by atoms with Gasteiger partial charge in [0.2, 0.25) is 0 Å². The molecule has 194 valence electrons. The van der Waals surface area contributed by atoms with Crippen molar-refractivity contribution in [1.82, 2.24) is 4.90 Å². The molecule has 1 atom stereocenters. The maximum Gasteiger partial charge on any atom is 0.346 e. The van der Waals surface area contributed by atoms with Gasteiger partial charge in [-0.15, -0.1) is 0 Å². The molecule has 2 heterocycles. The molecule has 0 N–H and O–H groups in total. The lowest BCUT2D eigenvalue weighted by Gasteiger charge is -2.42. The van der Waals surface area contributed by atoms with Gasteiger partial charge in [0.15, 0.2) is 27.9 Å². The number of benzene rings is 3. The zero-order valence-corrected chi connectivity index (χ0v) is 21.4. The zero-order valence-electron chi connectivity index (χ0n) is 20.6. The Morgan fingerprint density at radius 1 is 0.946 bits per heavy atom. The molecule has 1 unspecified atom stereocenters. The van der Waals surface area contributed by atoms with Gasteiger partial charge in [-0.25, -0.2) is 0 Å². The molecule has 3 aromatic carbocycles. The molecule has 0 amide bonds. The summed E-state index contributed by atoms with van der Waals surface area (Å²) < 4.78 is 48.5. The summed E-state index contributed by atoms with van der Waals surface area (Å²) >= 11 is 0. The molecule has 0 aromatic heterocycles. The first-order valence-corrected chi connectivity index (χ1v) is 13.0. The first-order valence-electron chi connectivity index (χ1n) is 11.6. The highest BCUT2D eigenvalue weighted by molar-refractivity contribution is 7.87. The Morgan fingerprint density at radius 2 is 1.65 bits per heavy atom. The van der Waals surface area contributed by atoms with Crippen LogP contribution in [-0.2, 0) is 29.5 Å². The van der Waals surface area contributed by atoms with E-state index in [1.807, 2.05) is 18.2 Å². The lowest BCUT2D eigenvalue weighted by molar-refractivity contribution is -0.387. The van der Waals surface area contributed by atoms with E-state index in [1.165, 1.54) is 24.8 Å². The third-order valence-electron chi connectivity index (χ3n) is 6.95. The minimum atomic E-state index is -4.52. The highest BCUT2D eigenvalue weighted by Gasteiger charge is 2.37. The highest BCUT2D eigenvalue weighted by Crippen LogP contribution is 2.46. The average molecular weight is 527 g/mol. The fourth-order valence-corrected chi connectivity index (χ4v) is 6.29. The molecule has 11 heteroatoms. The SMILES string of the molecule is COc1cc2c(cc1OC)C1Cc3ccc(OC)c(OS(=O)(=O)c4ccccc4[N+](=O)[O-])c3CN1CC2. The predicted molar refractivity (Wildman–Crippen MR) is 134 cm³/mol. The second-order valence-electron chi connectivity index (χ2n) is 8.84. The Hall–Kier alpha value is -3.83. The Bertz CT molecular complexity index is 1490. The van der Waals surface area contributed by atoms with Crippen LogP contribution in [0, 0.1) is 10.1 Å². The average Bonchev–Trinajstić information content (AvgIpc) is 2.91. The molecule has 10 nitrogen and oxygen atoms in total. The van der Waals surface area contributed by atoms with Crippen LogP contribution in [0.3, 0.4) is 0 Å². The van der Waals surface area contributed by atoms with Crippen LogP contribution in [0.15, 0.2) is 53.4 Å². The molecule has 5 rings (SSSR count). The molecule has 2 aliphatic rings. The Kier molecular flexibility index (Phi) is 6.42. The summed E-state index contributed by atoms with van der Waals surface area (Å²) in [5, 5.41) is 11.5. The standard InChI is InChI=1S/C26H26N2O8S/c1-33-22-9-8-16-12-21-18-14-24(35-3)23(34-2)13-17(18)10-11-27(21)15-19(16)26(22)36-37(31,32)25-7-5-4-6-20(25)28(29)30/h4-9,13-14,21H,10-12,15H2,1-3H3. The number of nitrogens with zero attached hydrogens (tertiary/aromatic N) is 2. The summed E-state index contributed by atoms with van der Waals surface area (Å²) in [5.74, 6) is 1.63. The molecule has 0 saturated carbocycles. The molecule has 0 spiro atoms. The van der Waals surface area contributed by atoms with Gasteiger partial charge in [0.05, 0.1) is 26.3 Å². The number of fused-ring (bicyclic) bond motifs is 4. The third-order valence-corrected chi connectivity index (χ3v) is 8.22. The number of rotatable bonds is 7. The van der Waals surface area contributed by atoms with Crippen LogP contribution < -0.4 is 18.4 Å². The van der Waals surface area contributed by atoms with Gasteiger partial charge >= 0.3 is 10.1 Å². The fraction of sp³-hybridized carbons (Fsp3) is 0.308. The molecule has 0 bridgehead atoms. The van der Waals surface area contributed by atoms with Crippen LogP contribution in [0.4, 0.5) is 5.69 Å². The van der Waals surface area contributed by atoms with Crippen molar-refractivity contribution in [2.45, 2.75) is 30.3 Å². The van der Waals surface area contributed by atoms with Crippen molar-refractivity contribution < 1.29 is 31.7 Å². The van der Waals surface area contributed by atoms with Crippen molar-refractivity contribution in [3.8, 4) is 23.0 Å². The Morgan fingerprint density at radius 3 is 2.35 bits per heavy atom. The van der Waals surface area contributed by atoms with Gasteiger partial charge in [-0.3, -0.25) is 15.0 Å². The zero-order chi connectivity index (χ0) is 26.3. The second kappa shape index (κ2) is 9.56. The molecular weight excluding hydrogens is 500 g/mol. The molecule has 2 aliphatic heterocycles. The van der Waals surface area contributed by atoms with Crippen molar-refractivity contribution in [3.63, 3.8) is 0 Å². The highest BCUT2D eigenvalue weighted by atomic mass is 32.2. The molecule has 0 saturated heterocycles. The van der Waals surface area contributed by atoms with Gasteiger partial charge in [-0.1, -0.05) is 18.2 Å². The lowest BCUT2D eigenvalue weighted by Crippen LogP contribution is -2.39. The monoisotopic (exact) mass is 526 g/mol. The van der Waals surface area contributed by atoms with Crippen molar-refractivity contribution in [2.24, 2.45) is 0 Å². The van der Waals surface area contributed by atoms with Crippen LogP contribution in [0.5, 0.6) is 23.0 Å². The summed E-state index contributed by atoms with van der Waals surface area (Å²) in [6, 6.07) is 12.8. The van der Waals surface area contributed by atoms with Crippen LogP contribution in [0.25, 0.3) is 0 Å². The molecule has 37 heavy (non-hydrogen) atoms. The quantitative estimate of drug-likeness (QED) is 0.255. The number of methoxy groups -OCH3 is 3. The van der Waals surface area contributed by atoms with Gasteiger partial charge in [-0.2, -0.15) is 8.42 Å². The Balaban J connectivity index is 1.55. The molecule has 0 radical (unpaired) electrons. The first-order chi connectivity index (χ1) is 17.8. The van der Waals surface area contributed by atoms with Gasteiger partial charge in [0, 0.05) is 30.8 Å². The minimum absolute atomic E-state index is 0.0507. The van der Waals surface area contributed by atoms with Gasteiger partial charge in [0.25, 0.3) is 5.69 Å². The molecule has 3 aromatic rings. The summed E-state index contributed by atoms with van der Waals surface area (Å²) in [4.78, 5) is 12.5. The number of hydrogen-bond acceptors (Lipinski definition) is 9. The molecule has 0 fully saturated rings. The van der Waals surface area contributed by atoms with Crippen molar-refractivity contribution in [3.05, 3.63) is 80.9 Å². The smallest absolute Gasteiger partial charge is 0.346 e.